The van der Waals surface area contributed by atoms with Crippen molar-refractivity contribution in [2.24, 2.45) is 11.8 Å². The Kier molecular flexibility index (Phi) is 28.3. The van der Waals surface area contributed by atoms with Gasteiger partial charge in [-0.25, -0.2) is 0 Å². The number of allylic oxidation sites excluding steroid dienone is 2. The Bertz CT molecular complexity index is 1830. The summed E-state index contributed by atoms with van der Waals surface area (Å²) in [7, 11) is 9.75. The van der Waals surface area contributed by atoms with Crippen molar-refractivity contribution in [3.8, 4) is 0 Å². The van der Waals surface area contributed by atoms with Gasteiger partial charge in [-0.1, -0.05) is 46.8 Å². The summed E-state index contributed by atoms with van der Waals surface area (Å²) in [6.45, 7) is 11.3. The van der Waals surface area contributed by atoms with Gasteiger partial charge in [-0.15, -0.1) is 0 Å². The number of nitrogens with zero attached hydrogens (tertiary/aromatic N) is 6. The summed E-state index contributed by atoms with van der Waals surface area (Å²) >= 11 is 0. The van der Waals surface area contributed by atoms with Crippen LogP contribution in [0.2, 0.25) is 0 Å². The number of likely N-dealkylation sites (N-methyl/N-ethyl adjacent to an activating group) is 7. The lowest BCUT2D eigenvalue weighted by atomic mass is 10.0. The number of hydrogen-bond acceptors (Lipinski definition) is 12. The van der Waals surface area contributed by atoms with Gasteiger partial charge in [0.1, 0.15) is 30.2 Å². The van der Waals surface area contributed by atoms with E-state index in [1.165, 1.54) is 68.1 Å². The molecule has 0 aromatic rings. The molecule has 392 valence electrons. The maximum atomic E-state index is 13.5. The first-order valence-electron chi connectivity index (χ1n) is 23.2. The maximum Gasteiger partial charge on any atom is 0.245 e. The van der Waals surface area contributed by atoms with Crippen molar-refractivity contribution in [1.29, 1.82) is 0 Å². The number of hydrogen-bond donors (Lipinski definition) is 6. The van der Waals surface area contributed by atoms with Crippen molar-refractivity contribution < 1.29 is 57.8 Å². The first-order chi connectivity index (χ1) is 32.0. The van der Waals surface area contributed by atoms with E-state index in [1.54, 1.807) is 20.8 Å². The third kappa shape index (κ3) is 22.2. The second kappa shape index (κ2) is 31.1. The van der Waals surface area contributed by atoms with E-state index < -0.39 is 122 Å². The fourth-order valence-corrected chi connectivity index (χ4v) is 6.89. The molecule has 0 aliphatic carbocycles. The van der Waals surface area contributed by atoms with Crippen molar-refractivity contribution >= 4 is 65.0 Å². The molecule has 0 saturated heterocycles. The summed E-state index contributed by atoms with van der Waals surface area (Å²) in [4.78, 5) is 149. The largest absolute Gasteiger partial charge is 0.393 e. The lowest BCUT2D eigenvalue weighted by Gasteiger charge is -2.31. The second-order valence-corrected chi connectivity index (χ2v) is 18.1. The van der Waals surface area contributed by atoms with Crippen LogP contribution in [0.4, 0.5) is 0 Å². The van der Waals surface area contributed by atoms with E-state index in [9.17, 15) is 57.8 Å². The molecule has 11 amide bonds. The number of aliphatic hydroxyl groups excluding tert-OH is 1. The molecule has 0 aliphatic heterocycles. The lowest BCUT2D eigenvalue weighted by Crippen LogP contribution is -2.57. The van der Waals surface area contributed by atoms with Gasteiger partial charge in [0.15, 0.2) is 0 Å². The molecular weight excluding hydrogens is 899 g/mol. The number of carbonyl (C=O) groups excluding carboxylic acids is 11. The molecule has 69 heavy (non-hydrogen) atoms. The van der Waals surface area contributed by atoms with Crippen molar-refractivity contribution in [3.63, 3.8) is 0 Å². The maximum absolute atomic E-state index is 13.5. The van der Waals surface area contributed by atoms with Gasteiger partial charge >= 0.3 is 0 Å². The zero-order valence-corrected chi connectivity index (χ0v) is 43.5. The molecular formula is C46H81N11O12. The lowest BCUT2D eigenvalue weighted by molar-refractivity contribution is -0.145. The standard InChI is InChI=1S/C46H81N11O12/c1-16-18-19-20-32(58)22-35(59)51-33(17-2)46(69)55(13)26-38(62)52(10)24-36(60)48-23-37(61)56(14)34(21-28(3)4)43(66)49-30(7)42(65)50-31(8)45(68)54(12)25-39(63)53(11)27-40(64)57(15)41(29(5)6)44(67)47-9/h16,18,28-34,41,58H,17,19-27H2,1-15H3,(H,47,67)(H,48,60)(H,49,66)(H,50,65)(H,51,59)/b18-16+/t30-,31?,32?,33-,34-,41?/m0/s1. The van der Waals surface area contributed by atoms with Crippen LogP contribution in [0, 0.1) is 11.8 Å². The molecule has 0 heterocycles. The normalized spacial score (nSPS) is 13.7. The fourth-order valence-electron chi connectivity index (χ4n) is 6.89. The molecule has 0 rings (SSSR count). The summed E-state index contributed by atoms with van der Waals surface area (Å²) in [5.41, 5.74) is 0. The van der Waals surface area contributed by atoms with Crippen molar-refractivity contribution in [2.45, 2.75) is 124 Å². The SMILES string of the molecule is C/C=C/CCC(O)CC(=O)N[C@@H](CC)C(=O)N(C)CC(=O)N(C)CC(=O)NCC(=O)N(C)[C@@H](CC(C)C)C(=O)N[C@@H](C)C(=O)NC(C)C(=O)N(C)CC(=O)N(C)CC(=O)N(C)C(C(=O)NC)C(C)C. The average Bonchev–Trinajstić information content (AvgIpc) is 3.27. The summed E-state index contributed by atoms with van der Waals surface area (Å²) in [6.07, 6.45) is 4.03. The van der Waals surface area contributed by atoms with Crippen molar-refractivity contribution in [1.82, 2.24) is 56.0 Å². The van der Waals surface area contributed by atoms with Crippen LogP contribution in [-0.4, -0.2) is 218 Å². The Balaban J connectivity index is 5.31. The van der Waals surface area contributed by atoms with E-state index in [0.717, 1.165) is 24.5 Å². The van der Waals surface area contributed by atoms with Crippen LogP contribution >= 0.6 is 0 Å². The van der Waals surface area contributed by atoms with Crippen LogP contribution < -0.4 is 26.6 Å². The molecule has 0 radical (unpaired) electrons. The number of rotatable bonds is 29. The first kappa shape index (κ1) is 62.9. The van der Waals surface area contributed by atoms with Gasteiger partial charge in [0, 0.05) is 49.3 Å². The van der Waals surface area contributed by atoms with Crippen LogP contribution in [-0.2, 0) is 52.7 Å². The molecule has 0 aliphatic rings. The summed E-state index contributed by atoms with van der Waals surface area (Å²) in [6, 6.07) is -5.09. The highest BCUT2D eigenvalue weighted by Gasteiger charge is 2.33. The molecule has 23 nitrogen and oxygen atoms in total. The van der Waals surface area contributed by atoms with Crippen molar-refractivity contribution in [2.75, 3.05) is 82.1 Å². The van der Waals surface area contributed by atoms with Crippen molar-refractivity contribution in [3.05, 3.63) is 12.2 Å². The smallest absolute Gasteiger partial charge is 0.245 e. The van der Waals surface area contributed by atoms with Crippen LogP contribution in [0.5, 0.6) is 0 Å². The number of carbonyl (C=O) groups is 11. The van der Waals surface area contributed by atoms with Gasteiger partial charge in [0.05, 0.1) is 45.2 Å². The van der Waals surface area contributed by atoms with Gasteiger partial charge in [0.2, 0.25) is 65.0 Å². The molecule has 3 unspecified atom stereocenters. The third-order valence-corrected chi connectivity index (χ3v) is 11.2. The molecule has 0 fully saturated rings. The van der Waals surface area contributed by atoms with Crippen LogP contribution in [0.15, 0.2) is 12.2 Å². The molecule has 0 aromatic heterocycles. The Labute approximate surface area is 407 Å². The highest BCUT2D eigenvalue weighted by molar-refractivity contribution is 5.96. The second-order valence-electron chi connectivity index (χ2n) is 18.1. The predicted octanol–water partition coefficient (Wildman–Crippen LogP) is -1.95. The Morgan fingerprint density at radius 1 is 0.594 bits per heavy atom. The van der Waals surface area contributed by atoms with Gasteiger partial charge in [0.25, 0.3) is 0 Å². The number of nitrogens with one attached hydrogen (secondary N) is 5. The van der Waals surface area contributed by atoms with E-state index in [2.05, 4.69) is 26.6 Å². The topological polar surface area (TPSA) is 288 Å². The zero-order chi connectivity index (χ0) is 53.5. The van der Waals surface area contributed by atoms with Gasteiger partial charge in [-0.2, -0.15) is 0 Å². The van der Waals surface area contributed by atoms with Gasteiger partial charge in [-0.3, -0.25) is 52.7 Å². The quantitative estimate of drug-likeness (QED) is 0.0447. The molecule has 0 bridgehead atoms. The summed E-state index contributed by atoms with van der Waals surface area (Å²) in [5.74, 6) is -6.76. The van der Waals surface area contributed by atoms with E-state index in [0.29, 0.717) is 12.8 Å². The zero-order valence-electron chi connectivity index (χ0n) is 43.5. The van der Waals surface area contributed by atoms with Gasteiger partial charge < -0.3 is 61.1 Å². The molecule has 0 saturated carbocycles. The molecule has 6 atom stereocenters. The number of amides is 11. The molecule has 23 heteroatoms. The van der Waals surface area contributed by atoms with Gasteiger partial charge in [-0.05, 0) is 58.3 Å². The predicted molar refractivity (Wildman–Crippen MR) is 257 cm³/mol. The van der Waals surface area contributed by atoms with E-state index in [4.69, 9.17) is 0 Å². The molecule has 0 aromatic carbocycles. The monoisotopic (exact) mass is 980 g/mol. The summed E-state index contributed by atoms with van der Waals surface area (Å²) < 4.78 is 0. The van der Waals surface area contributed by atoms with Crippen LogP contribution in [0.1, 0.15) is 87.5 Å². The minimum Gasteiger partial charge on any atom is -0.393 e. The minimum absolute atomic E-state index is 0.0946. The van der Waals surface area contributed by atoms with Crippen LogP contribution in [0.25, 0.3) is 0 Å². The fraction of sp³-hybridized carbons (Fsp3) is 0.717. The Hall–Kier alpha value is -6.13. The highest BCUT2D eigenvalue weighted by atomic mass is 16.3. The molecule has 0 spiro atoms. The summed E-state index contributed by atoms with van der Waals surface area (Å²) in [5, 5.41) is 22.8. The number of aliphatic hydroxyl groups is 1. The van der Waals surface area contributed by atoms with Crippen LogP contribution in [0.3, 0.4) is 0 Å². The Morgan fingerprint density at radius 2 is 1.12 bits per heavy atom. The molecule has 6 N–H and O–H groups in total. The Morgan fingerprint density at radius 3 is 1.62 bits per heavy atom. The third-order valence-electron chi connectivity index (χ3n) is 11.2. The first-order valence-corrected chi connectivity index (χ1v) is 23.2. The minimum atomic E-state index is -1.18. The van der Waals surface area contributed by atoms with E-state index in [1.807, 2.05) is 32.9 Å². The average molecular weight is 980 g/mol. The van der Waals surface area contributed by atoms with E-state index in [-0.39, 0.29) is 43.6 Å². The highest BCUT2D eigenvalue weighted by Crippen LogP contribution is 2.13. The van der Waals surface area contributed by atoms with E-state index >= 15 is 0 Å².